The van der Waals surface area contributed by atoms with E-state index in [1.165, 1.54) is 0 Å². The van der Waals surface area contributed by atoms with Crippen LogP contribution in [0.2, 0.25) is 0 Å². The molecule has 0 unspecified atom stereocenters. The third-order valence-electron chi connectivity index (χ3n) is 3.32. The molecule has 0 aromatic heterocycles. The first-order valence-corrected chi connectivity index (χ1v) is 9.43. The number of esters is 1. The second-order valence-corrected chi connectivity index (χ2v) is 7.20. The summed E-state index contributed by atoms with van der Waals surface area (Å²) in [4.78, 5) is 17.4. The number of aliphatic hydroxyl groups excluding tert-OH is 1. The molecule has 5 nitrogen and oxygen atoms in total. The summed E-state index contributed by atoms with van der Waals surface area (Å²) in [6, 6.07) is 0. The maximum absolute atomic E-state index is 12.4. The van der Waals surface area contributed by atoms with Crippen LogP contribution >= 0.6 is 23.5 Å². The molecule has 2 heterocycles. The Bertz CT molecular complexity index is 454. The van der Waals surface area contributed by atoms with E-state index in [2.05, 4.69) is 5.16 Å². The van der Waals surface area contributed by atoms with Gasteiger partial charge in [0.1, 0.15) is 23.5 Å². The quantitative estimate of drug-likeness (QED) is 0.485. The van der Waals surface area contributed by atoms with Crippen LogP contribution in [0.3, 0.4) is 0 Å². The van der Waals surface area contributed by atoms with Crippen LogP contribution in [0.1, 0.15) is 26.7 Å². The van der Waals surface area contributed by atoms with Gasteiger partial charge in [0.15, 0.2) is 0 Å². The van der Waals surface area contributed by atoms with Gasteiger partial charge in [0.25, 0.3) is 0 Å². The summed E-state index contributed by atoms with van der Waals surface area (Å²) >= 11 is 3.54. The summed E-state index contributed by atoms with van der Waals surface area (Å²) in [5.74, 6) is 3.15. The fraction of sp³-hybridized carbons (Fsp3) is 0.714. The number of aliphatic hydroxyl groups is 1. The van der Waals surface area contributed by atoms with Crippen LogP contribution in [0.25, 0.3) is 0 Å². The van der Waals surface area contributed by atoms with Crippen molar-refractivity contribution in [2.75, 3.05) is 29.6 Å². The van der Waals surface area contributed by atoms with Crippen molar-refractivity contribution in [1.29, 1.82) is 0 Å². The summed E-state index contributed by atoms with van der Waals surface area (Å²) in [7, 11) is 0. The zero-order valence-electron chi connectivity index (χ0n) is 12.4. The fourth-order valence-corrected chi connectivity index (χ4v) is 4.98. The molecule has 1 fully saturated rings. The van der Waals surface area contributed by atoms with Crippen LogP contribution in [0.15, 0.2) is 16.5 Å². The molecule has 0 radical (unpaired) electrons. The number of ether oxygens (including phenoxy) is 1. The summed E-state index contributed by atoms with van der Waals surface area (Å²) in [6.45, 7) is 4.11. The Morgan fingerprint density at radius 3 is 2.57 bits per heavy atom. The molecule has 0 amide bonds. The van der Waals surface area contributed by atoms with Crippen LogP contribution in [-0.2, 0) is 14.4 Å². The lowest BCUT2D eigenvalue weighted by atomic mass is 9.94. The lowest BCUT2D eigenvalue weighted by Crippen LogP contribution is -2.45. The van der Waals surface area contributed by atoms with Crippen LogP contribution in [0.4, 0.5) is 0 Å². The zero-order chi connectivity index (χ0) is 15.3. The SMILES string of the molecule is CCON=C(CC)C1=C(O)CC2(CSCCSC2)OC1=O. The highest BCUT2D eigenvalue weighted by Gasteiger charge is 2.43. The van der Waals surface area contributed by atoms with Crippen LogP contribution in [-0.4, -0.2) is 52.0 Å². The number of hydrogen-bond donors (Lipinski definition) is 1. The van der Waals surface area contributed by atoms with E-state index in [-0.39, 0.29) is 11.3 Å². The van der Waals surface area contributed by atoms with E-state index >= 15 is 0 Å². The monoisotopic (exact) mass is 331 g/mol. The summed E-state index contributed by atoms with van der Waals surface area (Å²) in [6.07, 6.45) is 0.865. The topological polar surface area (TPSA) is 68.1 Å². The predicted octanol–water partition coefficient (Wildman–Crippen LogP) is 2.77. The molecule has 1 saturated heterocycles. The van der Waals surface area contributed by atoms with Crippen molar-refractivity contribution < 1.29 is 19.5 Å². The van der Waals surface area contributed by atoms with Crippen molar-refractivity contribution in [2.24, 2.45) is 5.16 Å². The van der Waals surface area contributed by atoms with Gasteiger partial charge in [0.05, 0.1) is 5.71 Å². The van der Waals surface area contributed by atoms with Gasteiger partial charge in [0, 0.05) is 29.4 Å². The Kier molecular flexibility index (Phi) is 5.87. The molecule has 2 aliphatic rings. The first-order chi connectivity index (χ1) is 10.1. The molecule has 0 aromatic rings. The Morgan fingerprint density at radius 1 is 1.38 bits per heavy atom. The number of carbonyl (C=O) groups is 1. The first-order valence-electron chi connectivity index (χ1n) is 7.12. The third kappa shape index (κ3) is 3.88. The van der Waals surface area contributed by atoms with Gasteiger partial charge >= 0.3 is 5.97 Å². The number of nitrogens with zero attached hydrogens (tertiary/aromatic N) is 1. The van der Waals surface area contributed by atoms with E-state index in [0.717, 1.165) is 23.0 Å². The van der Waals surface area contributed by atoms with Gasteiger partial charge in [0.2, 0.25) is 0 Å². The molecule has 1 spiro atoms. The number of oxime groups is 1. The van der Waals surface area contributed by atoms with Crippen LogP contribution < -0.4 is 0 Å². The molecule has 2 rings (SSSR count). The van der Waals surface area contributed by atoms with Crippen molar-refractivity contribution in [2.45, 2.75) is 32.3 Å². The van der Waals surface area contributed by atoms with E-state index in [1.807, 2.05) is 13.8 Å². The van der Waals surface area contributed by atoms with Gasteiger partial charge < -0.3 is 14.7 Å². The van der Waals surface area contributed by atoms with Gasteiger partial charge in [-0.3, -0.25) is 0 Å². The van der Waals surface area contributed by atoms with Gasteiger partial charge in [-0.25, -0.2) is 4.79 Å². The molecule has 0 saturated carbocycles. The zero-order valence-corrected chi connectivity index (χ0v) is 14.0. The molecule has 1 N–H and O–H groups in total. The standard InChI is InChI=1S/C14H21NO4S2/c1-3-10(15-18-4-2)12-11(16)7-14(19-13(12)17)8-20-5-6-21-9-14/h16H,3-9H2,1-2H3. The molecule has 0 bridgehead atoms. The molecular weight excluding hydrogens is 310 g/mol. The maximum atomic E-state index is 12.4. The second kappa shape index (κ2) is 7.45. The summed E-state index contributed by atoms with van der Waals surface area (Å²) in [5, 5.41) is 14.3. The second-order valence-electron chi connectivity index (χ2n) is 4.99. The number of rotatable bonds is 4. The van der Waals surface area contributed by atoms with Gasteiger partial charge in [-0.15, -0.1) is 0 Å². The van der Waals surface area contributed by atoms with Crippen molar-refractivity contribution in [3.8, 4) is 0 Å². The maximum Gasteiger partial charge on any atom is 0.344 e. The number of hydrogen-bond acceptors (Lipinski definition) is 7. The smallest absolute Gasteiger partial charge is 0.344 e. The predicted molar refractivity (Wildman–Crippen MR) is 87.1 cm³/mol. The third-order valence-corrected chi connectivity index (χ3v) is 6.03. The molecule has 2 aliphatic heterocycles. The van der Waals surface area contributed by atoms with Crippen molar-refractivity contribution in [3.63, 3.8) is 0 Å². The minimum atomic E-state index is -0.582. The van der Waals surface area contributed by atoms with E-state index < -0.39 is 11.6 Å². The molecule has 21 heavy (non-hydrogen) atoms. The Balaban J connectivity index is 2.25. The van der Waals surface area contributed by atoms with Crippen molar-refractivity contribution >= 4 is 35.2 Å². The Hall–Kier alpha value is -0.820. The van der Waals surface area contributed by atoms with Crippen LogP contribution in [0.5, 0.6) is 0 Å². The lowest BCUT2D eigenvalue weighted by Gasteiger charge is -2.35. The highest BCUT2D eigenvalue weighted by atomic mass is 32.2. The minimum Gasteiger partial charge on any atom is -0.511 e. The fourth-order valence-electron chi connectivity index (χ4n) is 2.35. The molecule has 0 atom stereocenters. The van der Waals surface area contributed by atoms with E-state index in [0.29, 0.717) is 25.2 Å². The average molecular weight is 331 g/mol. The summed E-state index contributed by atoms with van der Waals surface area (Å²) in [5.41, 5.74) is 0.0417. The summed E-state index contributed by atoms with van der Waals surface area (Å²) < 4.78 is 5.71. The van der Waals surface area contributed by atoms with Gasteiger partial charge in [-0.1, -0.05) is 12.1 Å². The molecule has 0 aromatic carbocycles. The first kappa shape index (κ1) is 16.5. The molecule has 0 aliphatic carbocycles. The normalized spacial score (nSPS) is 23.0. The number of thioether (sulfide) groups is 2. The molecular formula is C14H21NO4S2. The highest BCUT2D eigenvalue weighted by molar-refractivity contribution is 8.03. The number of carbonyl (C=O) groups excluding carboxylic acids is 1. The molecule has 118 valence electrons. The molecule has 7 heteroatoms. The van der Waals surface area contributed by atoms with Gasteiger partial charge in [-0.2, -0.15) is 23.5 Å². The van der Waals surface area contributed by atoms with E-state index in [1.54, 1.807) is 23.5 Å². The Labute approximate surface area is 133 Å². The largest absolute Gasteiger partial charge is 0.511 e. The Morgan fingerprint density at radius 2 is 2.05 bits per heavy atom. The van der Waals surface area contributed by atoms with Crippen molar-refractivity contribution in [1.82, 2.24) is 0 Å². The van der Waals surface area contributed by atoms with Gasteiger partial charge in [-0.05, 0) is 13.3 Å². The lowest BCUT2D eigenvalue weighted by molar-refractivity contribution is -0.152. The van der Waals surface area contributed by atoms with E-state index in [9.17, 15) is 9.90 Å². The van der Waals surface area contributed by atoms with E-state index in [4.69, 9.17) is 9.57 Å². The highest BCUT2D eigenvalue weighted by Crippen LogP contribution is 2.37. The minimum absolute atomic E-state index is 0.0784. The van der Waals surface area contributed by atoms with Crippen LogP contribution in [0, 0.1) is 0 Å². The van der Waals surface area contributed by atoms with Crippen molar-refractivity contribution in [3.05, 3.63) is 11.3 Å². The average Bonchev–Trinajstić information content (AvgIpc) is 2.67.